The van der Waals surface area contributed by atoms with E-state index >= 15 is 0 Å². The van der Waals surface area contributed by atoms with Gasteiger partial charge in [0.1, 0.15) is 97.7 Å². The van der Waals surface area contributed by atoms with E-state index in [0.29, 0.717) is 32.1 Å². The van der Waals surface area contributed by atoms with Gasteiger partial charge in [-0.25, -0.2) is 0 Å². The number of fused-ring (bicyclic) bond motifs is 7. The Morgan fingerprint density at radius 1 is 0.519 bits per heavy atom. The number of allylic oxidation sites excluding steroid dienone is 2. The average Bonchev–Trinajstić information content (AvgIpc) is 3.55. The summed E-state index contributed by atoms with van der Waals surface area (Å²) in [6.07, 6.45) is -25.0. The molecule has 442 valence electrons. The second-order valence-corrected chi connectivity index (χ2v) is 26.3. The molecule has 4 heterocycles. The highest BCUT2D eigenvalue weighted by Crippen LogP contribution is 2.76. The summed E-state index contributed by atoms with van der Waals surface area (Å²) in [6, 6.07) is 0. The maximum atomic E-state index is 14.8. The van der Waals surface area contributed by atoms with Gasteiger partial charge in [0, 0.05) is 0 Å². The molecule has 0 amide bonds. The molecule has 28 atom stereocenters. The minimum atomic E-state index is -1.94. The van der Waals surface area contributed by atoms with Crippen molar-refractivity contribution in [1.82, 2.24) is 0 Å². The Balaban J connectivity index is 0.995. The van der Waals surface area contributed by atoms with Crippen molar-refractivity contribution >= 4 is 5.97 Å². The Morgan fingerprint density at radius 3 is 1.55 bits per heavy atom. The lowest BCUT2D eigenvalue weighted by Gasteiger charge is -2.71. The molecular weight excluding hydrogens is 1020 g/mol. The maximum Gasteiger partial charge on any atom is 0.315 e. The fourth-order valence-corrected chi connectivity index (χ4v) is 16.5. The summed E-state index contributed by atoms with van der Waals surface area (Å²) >= 11 is 0. The first kappa shape index (κ1) is 60.0. The number of hydrogen-bond donors (Lipinski definition) is 14. The van der Waals surface area contributed by atoms with E-state index in [1.165, 1.54) is 5.57 Å². The quantitative estimate of drug-likeness (QED) is 0.0569. The van der Waals surface area contributed by atoms with Crippen molar-refractivity contribution in [2.75, 3.05) is 26.4 Å². The van der Waals surface area contributed by atoms with Crippen molar-refractivity contribution in [3.05, 3.63) is 11.6 Å². The number of aliphatic hydroxyl groups excluding tert-OH is 14. The summed E-state index contributed by atoms with van der Waals surface area (Å²) in [4.78, 5) is 14.8. The molecule has 77 heavy (non-hydrogen) atoms. The summed E-state index contributed by atoms with van der Waals surface area (Å²) in [7, 11) is 0. The molecule has 9 aliphatic rings. The monoisotopic (exact) mass is 1100 g/mol. The van der Waals surface area contributed by atoms with Gasteiger partial charge in [0.05, 0.1) is 37.9 Å². The van der Waals surface area contributed by atoms with Crippen LogP contribution in [-0.2, 0) is 42.7 Å². The molecular formula is C54H88O23. The average molecular weight is 1110 g/mol. The van der Waals surface area contributed by atoms with E-state index in [-0.39, 0.29) is 39.4 Å². The molecule has 4 aliphatic heterocycles. The van der Waals surface area contributed by atoms with Crippen LogP contribution in [0.5, 0.6) is 0 Å². The Hall–Kier alpha value is -1.63. The lowest BCUT2D eigenvalue weighted by atomic mass is 9.33. The minimum absolute atomic E-state index is 0.0454. The van der Waals surface area contributed by atoms with Gasteiger partial charge in [0.2, 0.25) is 6.29 Å². The smallest absolute Gasteiger partial charge is 0.315 e. The van der Waals surface area contributed by atoms with Gasteiger partial charge in [0.15, 0.2) is 18.9 Å². The molecule has 0 aromatic rings. The number of hydrogen-bond acceptors (Lipinski definition) is 23. The summed E-state index contributed by atoms with van der Waals surface area (Å²) < 4.78 is 48.9. The van der Waals surface area contributed by atoms with E-state index in [1.807, 2.05) is 0 Å². The van der Waals surface area contributed by atoms with Crippen molar-refractivity contribution in [2.45, 2.75) is 242 Å². The zero-order chi connectivity index (χ0) is 56.3. The molecule has 23 nitrogen and oxygen atoms in total. The second-order valence-electron chi connectivity index (χ2n) is 26.3. The van der Waals surface area contributed by atoms with E-state index < -0.39 is 172 Å². The van der Waals surface area contributed by atoms with Gasteiger partial charge in [-0.05, 0) is 109 Å². The molecule has 0 aromatic carbocycles. The molecule has 0 spiro atoms. The predicted octanol–water partition coefficient (Wildman–Crippen LogP) is -2.04. The second kappa shape index (κ2) is 21.8. The van der Waals surface area contributed by atoms with Crippen molar-refractivity contribution in [1.29, 1.82) is 0 Å². The van der Waals surface area contributed by atoms with E-state index in [0.717, 1.165) is 32.1 Å². The van der Waals surface area contributed by atoms with Crippen LogP contribution in [0.15, 0.2) is 11.6 Å². The highest BCUT2D eigenvalue weighted by Gasteiger charge is 2.70. The standard InChI is InChI=1S/C54H88O23/c1-49(2)14-16-54(48(69)77-46-41(68)38(65)34(61)27(21-57)72-46)17-15-52(6)23(24(54)18-49)8-9-30-51(5)12-11-31(50(3,4)29(51)10-13-53(30,52)7)74-47-43(76-45-40(67)37(64)33(60)26(20-56)71-45)42(35(62)28(22-58)73-47)75-44-39(66)36(63)32(59)25(19-55)70-44/h8,24-47,55-68H,9-22H2,1-7H3/t24-,25+,26+,27+,28+,29-,30+,31-,32-,33+,34+,35+,36-,37-,38-,39+,40+,41+,42-,43+,44-,45-,46-,47-,51-,52+,53+,54-/m0/s1. The van der Waals surface area contributed by atoms with Crippen molar-refractivity contribution in [2.24, 2.45) is 50.2 Å². The fourth-order valence-electron chi connectivity index (χ4n) is 16.5. The number of carbonyl (C=O) groups is 1. The van der Waals surface area contributed by atoms with Gasteiger partial charge in [0.25, 0.3) is 0 Å². The number of aliphatic hydroxyl groups is 14. The van der Waals surface area contributed by atoms with E-state index in [2.05, 4.69) is 54.5 Å². The van der Waals surface area contributed by atoms with Crippen LogP contribution in [0.2, 0.25) is 0 Å². The van der Waals surface area contributed by atoms with Crippen molar-refractivity contribution < 1.29 is 114 Å². The van der Waals surface area contributed by atoms with Gasteiger partial charge in [-0.3, -0.25) is 4.79 Å². The fraction of sp³-hybridized carbons (Fsp3) is 0.944. The largest absolute Gasteiger partial charge is 0.432 e. The Morgan fingerprint density at radius 2 is 1.00 bits per heavy atom. The number of ether oxygens (including phenoxy) is 8. The first-order valence-corrected chi connectivity index (χ1v) is 27.8. The Bertz CT molecular complexity index is 2110. The molecule has 0 radical (unpaired) electrons. The normalized spacial score (nSPS) is 53.4. The minimum Gasteiger partial charge on any atom is -0.432 e. The zero-order valence-corrected chi connectivity index (χ0v) is 45.3. The molecule has 14 N–H and O–H groups in total. The Labute approximate surface area is 449 Å². The first-order valence-electron chi connectivity index (χ1n) is 27.8. The Kier molecular flexibility index (Phi) is 17.0. The van der Waals surface area contributed by atoms with Crippen molar-refractivity contribution in [3.8, 4) is 0 Å². The summed E-state index contributed by atoms with van der Waals surface area (Å²) in [5, 5.41) is 149. The molecule has 0 aromatic heterocycles. The summed E-state index contributed by atoms with van der Waals surface area (Å²) in [6.45, 7) is 12.8. The van der Waals surface area contributed by atoms with Crippen LogP contribution in [0.1, 0.15) is 113 Å². The van der Waals surface area contributed by atoms with Gasteiger partial charge in [-0.1, -0.05) is 60.1 Å². The SMILES string of the molecule is CC1(C)CC[C@]2(C(=O)O[C@@H]3O[C@H](CO)[C@@H](O)[C@H](O)[C@H]3O)CC[C@]3(C)C(=CC[C@@H]4[C@@]5(C)CC[C@H](O[C@@H]6O[C@H](CO)[C@@H](O)[C@H](O[C@@H]7O[C@H](CO)[C@H](O)[C@H](O)[C@H]7O)[C@H]6O[C@@H]6O[C@H](CO)[C@@H](O)[C@H](O)[C@H]6O)C(C)(C)[C@@H]5CC[C@]43C)[C@@H]2C1. The number of rotatable bonds is 12. The van der Waals surface area contributed by atoms with Gasteiger partial charge in [-0.2, -0.15) is 0 Å². The van der Waals surface area contributed by atoms with Gasteiger partial charge >= 0.3 is 5.97 Å². The van der Waals surface area contributed by atoms with Crippen LogP contribution in [0.4, 0.5) is 0 Å². The molecule has 0 unspecified atom stereocenters. The van der Waals surface area contributed by atoms with E-state index in [1.54, 1.807) is 0 Å². The third kappa shape index (κ3) is 9.80. The predicted molar refractivity (Wildman–Crippen MR) is 263 cm³/mol. The van der Waals surface area contributed by atoms with Crippen LogP contribution in [0.25, 0.3) is 0 Å². The molecule has 4 saturated heterocycles. The maximum absolute atomic E-state index is 14.8. The molecule has 4 saturated carbocycles. The lowest BCUT2D eigenvalue weighted by molar-refractivity contribution is -0.399. The molecule has 5 aliphatic carbocycles. The molecule has 8 fully saturated rings. The number of carbonyl (C=O) groups excluding carboxylic acids is 1. The van der Waals surface area contributed by atoms with Gasteiger partial charge < -0.3 is 109 Å². The van der Waals surface area contributed by atoms with Crippen LogP contribution in [0, 0.1) is 50.2 Å². The highest BCUT2D eigenvalue weighted by molar-refractivity contribution is 5.79. The highest BCUT2D eigenvalue weighted by atomic mass is 16.8. The number of esters is 1. The molecule has 0 bridgehead atoms. The van der Waals surface area contributed by atoms with Crippen molar-refractivity contribution in [3.63, 3.8) is 0 Å². The third-order valence-corrected chi connectivity index (χ3v) is 21.4. The first-order chi connectivity index (χ1) is 36.1. The summed E-state index contributed by atoms with van der Waals surface area (Å²) in [5.74, 6) is -0.507. The van der Waals surface area contributed by atoms with Crippen LogP contribution in [0.3, 0.4) is 0 Å². The van der Waals surface area contributed by atoms with Crippen LogP contribution in [-0.4, -0.2) is 233 Å². The van der Waals surface area contributed by atoms with E-state index in [9.17, 15) is 76.3 Å². The van der Waals surface area contributed by atoms with Crippen LogP contribution < -0.4 is 0 Å². The van der Waals surface area contributed by atoms with E-state index in [4.69, 9.17) is 37.9 Å². The van der Waals surface area contributed by atoms with Gasteiger partial charge in [-0.15, -0.1) is 0 Å². The topological polar surface area (TPSA) is 374 Å². The zero-order valence-electron chi connectivity index (χ0n) is 45.3. The van der Waals surface area contributed by atoms with Crippen LogP contribution >= 0.6 is 0 Å². The molecule has 9 rings (SSSR count). The molecule has 23 heteroatoms. The lowest BCUT2D eigenvalue weighted by Crippen LogP contribution is -2.68. The third-order valence-electron chi connectivity index (χ3n) is 21.4. The summed E-state index contributed by atoms with van der Waals surface area (Å²) in [5.41, 5.74) is -1.27.